The molecule has 0 radical (unpaired) electrons. The number of rotatable bonds is 9. The van der Waals surface area contributed by atoms with E-state index in [1.54, 1.807) is 48.7 Å². The highest BCUT2D eigenvalue weighted by Crippen LogP contribution is 2.49. The molecular formula is C29H21ClFN3O4. The number of nitriles is 1. The Morgan fingerprint density at radius 2 is 1.68 bits per heavy atom. The first-order valence-electron chi connectivity index (χ1n) is 11.8. The maximum Gasteiger partial charge on any atom is 0.183 e. The molecule has 0 spiro atoms. The Bertz CT molecular complexity index is 1610. The highest BCUT2D eigenvalue weighted by molar-refractivity contribution is 6.32. The lowest BCUT2D eigenvalue weighted by Crippen LogP contribution is -2.28. The van der Waals surface area contributed by atoms with E-state index in [9.17, 15) is 19.2 Å². The molecule has 2 aromatic heterocycles. The first kappa shape index (κ1) is 25.3. The number of ketones is 2. The van der Waals surface area contributed by atoms with Gasteiger partial charge in [-0.3, -0.25) is 14.6 Å². The number of Topliss-reactive ketones (excluding diaryl/α,β-unsaturated/α-hetero) is 2. The second-order valence-electron chi connectivity index (χ2n) is 9.10. The lowest BCUT2D eigenvalue weighted by atomic mass is 9.88. The van der Waals surface area contributed by atoms with Crippen LogP contribution in [-0.4, -0.2) is 28.6 Å². The third kappa shape index (κ3) is 4.93. The summed E-state index contributed by atoms with van der Waals surface area (Å²) in [4.78, 5) is 34.6. The molecule has 2 aromatic carbocycles. The average Bonchev–Trinajstić information content (AvgIpc) is 3.73. The molecule has 5 rings (SSSR count). The molecule has 0 amide bonds. The van der Waals surface area contributed by atoms with E-state index in [1.165, 1.54) is 19.2 Å². The monoisotopic (exact) mass is 529 g/mol. The second kappa shape index (κ2) is 10.2. The topological polar surface area (TPSA) is 102 Å². The number of aromatic nitrogens is 2. The molecule has 0 saturated heterocycles. The smallest absolute Gasteiger partial charge is 0.183 e. The minimum Gasteiger partial charge on any atom is -0.494 e. The number of hydrogen-bond acceptors (Lipinski definition) is 7. The Balaban J connectivity index is 1.31. The predicted octanol–water partition coefficient (Wildman–Crippen LogP) is 5.80. The van der Waals surface area contributed by atoms with Gasteiger partial charge in [0.05, 0.1) is 23.1 Å². The zero-order chi connectivity index (χ0) is 26.9. The molecule has 7 nitrogen and oxygen atoms in total. The number of carbonyl (C=O) groups excluding carboxylic acids is 2. The number of halogens is 2. The summed E-state index contributed by atoms with van der Waals surface area (Å²) in [5.41, 5.74) is 1.30. The molecule has 4 aromatic rings. The average molecular weight is 530 g/mol. The molecule has 0 bridgehead atoms. The third-order valence-corrected chi connectivity index (χ3v) is 6.94. The predicted molar refractivity (Wildman–Crippen MR) is 138 cm³/mol. The van der Waals surface area contributed by atoms with E-state index in [0.29, 0.717) is 52.3 Å². The summed E-state index contributed by atoms with van der Waals surface area (Å²) in [7, 11) is 1.45. The summed E-state index contributed by atoms with van der Waals surface area (Å²) < 4.78 is 24.4. The number of nitrogens with zero attached hydrogens (tertiary/aromatic N) is 3. The van der Waals surface area contributed by atoms with Gasteiger partial charge in [0.25, 0.3) is 0 Å². The van der Waals surface area contributed by atoms with Crippen LogP contribution < -0.4 is 9.47 Å². The Morgan fingerprint density at radius 1 is 1.00 bits per heavy atom. The molecule has 0 unspecified atom stereocenters. The first-order chi connectivity index (χ1) is 18.3. The van der Waals surface area contributed by atoms with E-state index in [1.807, 2.05) is 6.07 Å². The zero-order valence-electron chi connectivity index (χ0n) is 20.3. The van der Waals surface area contributed by atoms with Gasteiger partial charge in [0, 0.05) is 31.2 Å². The van der Waals surface area contributed by atoms with Crippen LogP contribution in [0.4, 0.5) is 4.39 Å². The van der Waals surface area contributed by atoms with Crippen molar-refractivity contribution in [2.24, 2.45) is 5.41 Å². The van der Waals surface area contributed by atoms with Gasteiger partial charge in [0.1, 0.15) is 23.2 Å². The van der Waals surface area contributed by atoms with Crippen molar-refractivity contribution in [3.05, 3.63) is 88.5 Å². The van der Waals surface area contributed by atoms with Crippen molar-refractivity contribution in [2.45, 2.75) is 25.7 Å². The van der Waals surface area contributed by atoms with E-state index in [2.05, 4.69) is 9.97 Å². The lowest BCUT2D eigenvalue weighted by Gasteiger charge is -2.14. The van der Waals surface area contributed by atoms with E-state index in [4.69, 9.17) is 21.1 Å². The molecule has 1 saturated carbocycles. The number of pyridine rings is 2. The fourth-order valence-corrected chi connectivity index (χ4v) is 4.59. The lowest BCUT2D eigenvalue weighted by molar-refractivity contribution is -0.133. The third-order valence-electron chi connectivity index (χ3n) is 6.64. The Morgan fingerprint density at radius 3 is 2.32 bits per heavy atom. The molecule has 0 atom stereocenters. The molecule has 0 N–H and O–H groups in total. The van der Waals surface area contributed by atoms with Crippen LogP contribution in [0.3, 0.4) is 0 Å². The normalized spacial score (nSPS) is 13.5. The van der Waals surface area contributed by atoms with Crippen LogP contribution in [0.2, 0.25) is 5.02 Å². The van der Waals surface area contributed by atoms with Crippen molar-refractivity contribution in [3.8, 4) is 23.3 Å². The molecule has 9 heteroatoms. The summed E-state index contributed by atoms with van der Waals surface area (Å²) in [6, 6.07) is 15.9. The van der Waals surface area contributed by atoms with Gasteiger partial charge in [0.15, 0.2) is 28.8 Å². The van der Waals surface area contributed by atoms with Crippen molar-refractivity contribution in [1.82, 2.24) is 9.97 Å². The summed E-state index contributed by atoms with van der Waals surface area (Å²) in [5.74, 6) is 0.315. The minimum atomic E-state index is -0.989. The van der Waals surface area contributed by atoms with Crippen LogP contribution in [0.1, 0.15) is 29.7 Å². The number of ether oxygens (including phenoxy) is 2. The number of hydrogen-bond donors (Lipinski definition) is 0. The van der Waals surface area contributed by atoms with Crippen LogP contribution >= 0.6 is 11.6 Å². The molecule has 1 fully saturated rings. The van der Waals surface area contributed by atoms with E-state index in [-0.39, 0.29) is 40.9 Å². The first-order valence-corrected chi connectivity index (χ1v) is 12.2. The van der Waals surface area contributed by atoms with Crippen molar-refractivity contribution in [3.63, 3.8) is 0 Å². The van der Waals surface area contributed by atoms with Crippen molar-refractivity contribution < 1.29 is 23.5 Å². The fourth-order valence-electron chi connectivity index (χ4n) is 4.35. The Kier molecular flexibility index (Phi) is 6.79. The fraction of sp³-hybridized carbons (Fsp3) is 0.207. The van der Waals surface area contributed by atoms with Gasteiger partial charge in [0.2, 0.25) is 0 Å². The van der Waals surface area contributed by atoms with Gasteiger partial charge < -0.3 is 9.47 Å². The van der Waals surface area contributed by atoms with E-state index >= 15 is 0 Å². The summed E-state index contributed by atoms with van der Waals surface area (Å²) in [6.45, 7) is 0. The van der Waals surface area contributed by atoms with E-state index < -0.39 is 5.41 Å². The zero-order valence-corrected chi connectivity index (χ0v) is 21.1. The number of carbonyl (C=O) groups is 2. The number of methoxy groups -OCH3 is 1. The van der Waals surface area contributed by atoms with Gasteiger partial charge in [-0.1, -0.05) is 29.8 Å². The van der Waals surface area contributed by atoms with E-state index in [0.717, 1.165) is 0 Å². The van der Waals surface area contributed by atoms with Crippen LogP contribution in [0.5, 0.6) is 17.2 Å². The van der Waals surface area contributed by atoms with Crippen LogP contribution in [0, 0.1) is 22.6 Å². The molecule has 0 aliphatic heterocycles. The summed E-state index contributed by atoms with van der Waals surface area (Å²) >= 11 is 6.49. The maximum absolute atomic E-state index is 13.2. The van der Waals surface area contributed by atoms with Crippen molar-refractivity contribution in [2.75, 3.05) is 7.11 Å². The van der Waals surface area contributed by atoms with Crippen LogP contribution in [0.25, 0.3) is 11.0 Å². The summed E-state index contributed by atoms with van der Waals surface area (Å²) in [6.07, 6.45) is 2.72. The Hall–Kier alpha value is -4.35. The minimum absolute atomic E-state index is 0.0558. The highest BCUT2D eigenvalue weighted by Gasteiger charge is 2.54. The van der Waals surface area contributed by atoms with Crippen LogP contribution in [0.15, 0.2) is 60.8 Å². The standard InChI is InChI=1S/C29H21ClFN3O4/c1-37-25-15-21-28(34-22(25)16-32)24(8-11-33-21)38-23-7-4-18(12-20(23)30)14-27(36)29(9-10-29)26(35)13-17-2-5-19(31)6-3-17/h2-8,11-12,15H,9-10,13-14H2,1H3. The molecule has 1 aliphatic rings. The SMILES string of the molecule is COc1cc2nccc(Oc3ccc(CC(=O)C4(C(=O)Cc5ccc(F)cc5)CC4)cc3Cl)c2nc1C#N. The molecular weight excluding hydrogens is 509 g/mol. The van der Waals surface area contributed by atoms with Gasteiger partial charge in [-0.15, -0.1) is 0 Å². The van der Waals surface area contributed by atoms with Crippen molar-refractivity contribution >= 4 is 34.2 Å². The summed E-state index contributed by atoms with van der Waals surface area (Å²) in [5, 5.41) is 9.65. The molecule has 190 valence electrons. The maximum atomic E-state index is 13.2. The molecule has 2 heterocycles. The Labute approximate surface area is 222 Å². The van der Waals surface area contributed by atoms with Crippen LogP contribution in [-0.2, 0) is 22.4 Å². The molecule has 38 heavy (non-hydrogen) atoms. The number of fused-ring (bicyclic) bond motifs is 1. The largest absolute Gasteiger partial charge is 0.494 e. The quantitative estimate of drug-likeness (QED) is 0.252. The van der Waals surface area contributed by atoms with Gasteiger partial charge in [-0.2, -0.15) is 5.26 Å². The van der Waals surface area contributed by atoms with Gasteiger partial charge >= 0.3 is 0 Å². The number of benzene rings is 2. The van der Waals surface area contributed by atoms with Gasteiger partial charge in [-0.05, 0) is 48.2 Å². The molecule has 1 aliphatic carbocycles. The van der Waals surface area contributed by atoms with Gasteiger partial charge in [-0.25, -0.2) is 9.37 Å². The highest BCUT2D eigenvalue weighted by atomic mass is 35.5. The second-order valence-corrected chi connectivity index (χ2v) is 9.51. The van der Waals surface area contributed by atoms with Crippen molar-refractivity contribution in [1.29, 1.82) is 5.26 Å².